The third kappa shape index (κ3) is 1.64. The molecular formula is C17H18NO2S2+. The van der Waals surface area contributed by atoms with Gasteiger partial charge >= 0.3 is 5.97 Å². The first-order chi connectivity index (χ1) is 10.8. The number of fused-ring (bicyclic) bond motifs is 9. The van der Waals surface area contributed by atoms with Crippen molar-refractivity contribution in [2.75, 3.05) is 6.61 Å². The average Bonchev–Trinajstić information content (AvgIpc) is 3.23. The van der Waals surface area contributed by atoms with Crippen molar-refractivity contribution >= 4 is 39.3 Å². The SMILES string of the molecule is CCOC(=O)[C@@H]1C[C@H]2C[C@H]1[C@@H]1[C@H]2Sc2sc3ccccc3[n+]21. The van der Waals surface area contributed by atoms with E-state index < -0.39 is 0 Å². The van der Waals surface area contributed by atoms with Crippen molar-refractivity contribution < 1.29 is 14.1 Å². The Morgan fingerprint density at radius 3 is 3.09 bits per heavy atom. The summed E-state index contributed by atoms with van der Waals surface area (Å²) in [6.07, 6.45) is 2.23. The molecule has 2 bridgehead atoms. The van der Waals surface area contributed by atoms with Crippen molar-refractivity contribution in [1.29, 1.82) is 0 Å². The standard InChI is InChI=1S/C17H18NO2S2/c1-2-20-16(19)11-8-9-7-10(11)14-15(9)22-17-18(14)12-5-3-4-6-13(12)21-17/h3-6,9-11,14-15H,2,7-8H2,1H3/q+1/t9-,10-,11-,14-,15+/m1/s1. The van der Waals surface area contributed by atoms with E-state index in [4.69, 9.17) is 4.74 Å². The Morgan fingerprint density at radius 2 is 2.23 bits per heavy atom. The lowest BCUT2D eigenvalue weighted by Crippen LogP contribution is -2.46. The molecule has 1 aliphatic heterocycles. The quantitative estimate of drug-likeness (QED) is 0.623. The summed E-state index contributed by atoms with van der Waals surface area (Å²) in [4.78, 5) is 12.3. The highest BCUT2D eigenvalue weighted by Crippen LogP contribution is 2.61. The lowest BCUT2D eigenvalue weighted by molar-refractivity contribution is -0.727. The minimum atomic E-state index is 0.0343. The number of carbonyl (C=O) groups is 1. The first-order valence-electron chi connectivity index (χ1n) is 8.04. The first-order valence-corrected chi connectivity index (χ1v) is 9.74. The number of para-hydroxylation sites is 1. The predicted octanol–water partition coefficient (Wildman–Crippen LogP) is 3.42. The van der Waals surface area contributed by atoms with E-state index in [2.05, 4.69) is 40.6 Å². The number of thioether (sulfide) groups is 1. The molecule has 0 saturated heterocycles. The molecule has 2 fully saturated rings. The second-order valence-corrected chi connectivity index (χ2v) is 8.99. The van der Waals surface area contributed by atoms with E-state index >= 15 is 0 Å². The number of benzene rings is 1. The number of carbonyl (C=O) groups excluding carboxylic acids is 1. The van der Waals surface area contributed by atoms with Gasteiger partial charge in [-0.2, -0.15) is 4.57 Å². The van der Waals surface area contributed by atoms with Gasteiger partial charge < -0.3 is 4.74 Å². The average molecular weight is 332 g/mol. The van der Waals surface area contributed by atoms with Crippen molar-refractivity contribution in [3.63, 3.8) is 0 Å². The zero-order valence-electron chi connectivity index (χ0n) is 12.4. The summed E-state index contributed by atoms with van der Waals surface area (Å²) in [6, 6.07) is 9.15. The van der Waals surface area contributed by atoms with Crippen molar-refractivity contribution in [1.82, 2.24) is 0 Å². The minimum Gasteiger partial charge on any atom is -0.466 e. The molecule has 2 aromatic rings. The van der Waals surface area contributed by atoms with Crippen LogP contribution < -0.4 is 4.57 Å². The van der Waals surface area contributed by atoms with Crippen LogP contribution in [0.2, 0.25) is 0 Å². The number of nitrogens with zero attached hydrogens (tertiary/aromatic N) is 1. The number of esters is 1. The molecule has 2 aliphatic carbocycles. The fourth-order valence-corrected chi connectivity index (χ4v) is 7.93. The summed E-state index contributed by atoms with van der Waals surface area (Å²) in [5, 5.41) is 0.673. The Labute approximate surface area is 137 Å². The van der Waals surface area contributed by atoms with Gasteiger partial charge in [0.25, 0.3) is 4.34 Å². The normalized spacial score (nSPS) is 34.9. The predicted molar refractivity (Wildman–Crippen MR) is 87.0 cm³/mol. The van der Waals surface area contributed by atoms with Crippen LogP contribution in [-0.2, 0) is 9.53 Å². The summed E-state index contributed by atoms with van der Waals surface area (Å²) in [5.41, 5.74) is 1.35. The Morgan fingerprint density at radius 1 is 1.36 bits per heavy atom. The largest absolute Gasteiger partial charge is 0.466 e. The zero-order valence-corrected chi connectivity index (χ0v) is 14.0. The zero-order chi connectivity index (χ0) is 14.8. The molecule has 0 amide bonds. The van der Waals surface area contributed by atoms with Gasteiger partial charge in [-0.05, 0) is 43.5 Å². The van der Waals surface area contributed by atoms with E-state index in [-0.39, 0.29) is 11.9 Å². The Balaban J connectivity index is 1.57. The van der Waals surface area contributed by atoms with E-state index in [1.54, 1.807) is 0 Å². The van der Waals surface area contributed by atoms with Crippen molar-refractivity contribution in [2.45, 2.75) is 35.4 Å². The molecule has 0 radical (unpaired) electrons. The number of thiazole rings is 1. The molecule has 5 atom stereocenters. The van der Waals surface area contributed by atoms with E-state index in [1.807, 2.05) is 18.3 Å². The van der Waals surface area contributed by atoms with Crippen LogP contribution in [0.5, 0.6) is 0 Å². The summed E-state index contributed by atoms with van der Waals surface area (Å²) in [6.45, 7) is 2.40. The molecule has 2 heterocycles. The Bertz CT molecular complexity index is 771. The topological polar surface area (TPSA) is 30.2 Å². The second-order valence-electron chi connectivity index (χ2n) is 6.53. The molecule has 5 rings (SSSR count). The molecule has 114 valence electrons. The molecular weight excluding hydrogens is 314 g/mol. The number of rotatable bonds is 2. The summed E-state index contributed by atoms with van der Waals surface area (Å²) in [7, 11) is 0. The molecule has 2 saturated carbocycles. The lowest BCUT2D eigenvalue weighted by Gasteiger charge is -2.25. The summed E-state index contributed by atoms with van der Waals surface area (Å²) >= 11 is 3.96. The third-order valence-corrected chi connectivity index (χ3v) is 8.34. The van der Waals surface area contributed by atoms with Gasteiger partial charge in [0.2, 0.25) is 5.52 Å². The number of ether oxygens (including phenoxy) is 1. The Hall–Kier alpha value is -1.07. The van der Waals surface area contributed by atoms with Gasteiger partial charge in [-0.3, -0.25) is 4.79 Å². The maximum atomic E-state index is 12.3. The minimum absolute atomic E-state index is 0.0343. The molecule has 0 unspecified atom stereocenters. The monoisotopic (exact) mass is 332 g/mol. The summed E-state index contributed by atoms with van der Waals surface area (Å²) in [5.74, 6) is 1.29. The lowest BCUT2D eigenvalue weighted by atomic mass is 9.84. The van der Waals surface area contributed by atoms with Crippen LogP contribution in [0.1, 0.15) is 25.8 Å². The first kappa shape index (κ1) is 13.4. The van der Waals surface area contributed by atoms with E-state index in [1.165, 1.54) is 21.0 Å². The Kier molecular flexibility index (Phi) is 2.87. The van der Waals surface area contributed by atoms with Crippen LogP contribution in [0.15, 0.2) is 28.6 Å². The highest BCUT2D eigenvalue weighted by atomic mass is 32.2. The third-order valence-electron chi connectivity index (χ3n) is 5.53. The number of hydrogen-bond acceptors (Lipinski definition) is 4. The molecule has 3 nitrogen and oxygen atoms in total. The highest BCUT2D eigenvalue weighted by molar-refractivity contribution is 8.01. The van der Waals surface area contributed by atoms with Gasteiger partial charge in [0.1, 0.15) is 4.70 Å². The maximum Gasteiger partial charge on any atom is 0.309 e. The molecule has 0 spiro atoms. The number of aromatic nitrogens is 1. The van der Waals surface area contributed by atoms with E-state index in [9.17, 15) is 4.79 Å². The van der Waals surface area contributed by atoms with Crippen molar-refractivity contribution in [2.24, 2.45) is 17.8 Å². The van der Waals surface area contributed by atoms with Crippen molar-refractivity contribution in [3.05, 3.63) is 24.3 Å². The smallest absolute Gasteiger partial charge is 0.309 e. The van der Waals surface area contributed by atoms with Gasteiger partial charge in [-0.25, -0.2) is 0 Å². The van der Waals surface area contributed by atoms with Crippen LogP contribution in [0, 0.1) is 17.8 Å². The van der Waals surface area contributed by atoms with E-state index in [0.29, 0.717) is 29.7 Å². The second kappa shape index (κ2) is 4.71. The van der Waals surface area contributed by atoms with Crippen LogP contribution in [-0.4, -0.2) is 17.8 Å². The molecule has 1 aromatic heterocycles. The van der Waals surface area contributed by atoms with Crippen molar-refractivity contribution in [3.8, 4) is 0 Å². The van der Waals surface area contributed by atoms with Crippen LogP contribution >= 0.6 is 23.1 Å². The molecule has 0 N–H and O–H groups in total. The fraction of sp³-hybridized carbons (Fsp3) is 0.529. The fourth-order valence-electron chi connectivity index (χ4n) is 4.77. The highest BCUT2D eigenvalue weighted by Gasteiger charge is 2.64. The van der Waals surface area contributed by atoms with Crippen LogP contribution in [0.4, 0.5) is 0 Å². The molecule has 22 heavy (non-hydrogen) atoms. The van der Waals surface area contributed by atoms with Crippen LogP contribution in [0.3, 0.4) is 0 Å². The van der Waals surface area contributed by atoms with Gasteiger partial charge in [0, 0.05) is 12.0 Å². The molecule has 5 heteroatoms. The van der Waals surface area contributed by atoms with E-state index in [0.717, 1.165) is 6.42 Å². The summed E-state index contributed by atoms with van der Waals surface area (Å²) < 4.78 is 10.7. The van der Waals surface area contributed by atoms with Gasteiger partial charge in [-0.1, -0.05) is 23.5 Å². The van der Waals surface area contributed by atoms with Gasteiger partial charge in [0.05, 0.1) is 17.8 Å². The maximum absolute atomic E-state index is 12.3. The molecule has 3 aliphatic rings. The number of hydrogen-bond donors (Lipinski definition) is 0. The van der Waals surface area contributed by atoms with Crippen LogP contribution in [0.25, 0.3) is 10.2 Å². The van der Waals surface area contributed by atoms with Gasteiger partial charge in [-0.15, -0.1) is 0 Å². The molecule has 1 aromatic carbocycles. The van der Waals surface area contributed by atoms with Gasteiger partial charge in [0.15, 0.2) is 6.04 Å².